The highest BCUT2D eigenvalue weighted by atomic mass is 79.9. The highest BCUT2D eigenvalue weighted by Crippen LogP contribution is 2.45. The summed E-state index contributed by atoms with van der Waals surface area (Å²) >= 11 is 3.16. The fraction of sp³-hybridized carbons (Fsp3) is 0.250. The van der Waals surface area contributed by atoms with Gasteiger partial charge in [-0.05, 0) is 40.0 Å². The van der Waals surface area contributed by atoms with E-state index in [-0.39, 0.29) is 18.2 Å². The maximum absolute atomic E-state index is 13.5. The van der Waals surface area contributed by atoms with Crippen LogP contribution in [-0.4, -0.2) is 18.4 Å². The van der Waals surface area contributed by atoms with Crippen LogP contribution >= 0.6 is 15.9 Å². The van der Waals surface area contributed by atoms with E-state index in [2.05, 4.69) is 21.2 Å². The summed E-state index contributed by atoms with van der Waals surface area (Å²) in [6.45, 7) is 0.192. The van der Waals surface area contributed by atoms with Gasteiger partial charge >= 0.3 is 5.97 Å². The second kappa shape index (κ2) is 4.78. The number of benzene rings is 1. The van der Waals surface area contributed by atoms with Crippen molar-refractivity contribution >= 4 is 27.7 Å². The summed E-state index contributed by atoms with van der Waals surface area (Å²) in [6, 6.07) is 4.57. The summed E-state index contributed by atoms with van der Waals surface area (Å²) in [5.41, 5.74) is 3.35. The zero-order valence-electron chi connectivity index (χ0n) is 11.4. The molecule has 0 saturated carbocycles. The van der Waals surface area contributed by atoms with Crippen molar-refractivity contribution in [2.75, 3.05) is 6.61 Å². The molecule has 1 aromatic rings. The van der Waals surface area contributed by atoms with Crippen molar-refractivity contribution in [1.29, 1.82) is 0 Å². The van der Waals surface area contributed by atoms with E-state index in [0.29, 0.717) is 39.7 Å². The number of rotatable bonds is 1. The molecule has 0 saturated heterocycles. The molecule has 0 fully saturated rings. The maximum Gasteiger partial charge on any atom is 0.337 e. The number of hydrogen-bond acceptors (Lipinski definition) is 4. The first kappa shape index (κ1) is 13.7. The van der Waals surface area contributed by atoms with Crippen LogP contribution in [0.2, 0.25) is 0 Å². The van der Waals surface area contributed by atoms with Gasteiger partial charge in [-0.2, -0.15) is 0 Å². The molecule has 6 heteroatoms. The Morgan fingerprint density at radius 2 is 2.00 bits per heavy atom. The Bertz CT molecular complexity index is 757. The molecule has 0 amide bonds. The van der Waals surface area contributed by atoms with E-state index in [1.807, 2.05) is 0 Å². The SMILES string of the molecule is O=C1CCC2=C1[C@H](c1ccc(F)c(Br)c1)C1=C(COC1=O)N2. The van der Waals surface area contributed by atoms with Crippen molar-refractivity contribution in [3.05, 3.63) is 56.6 Å². The van der Waals surface area contributed by atoms with Gasteiger partial charge in [-0.25, -0.2) is 9.18 Å². The lowest BCUT2D eigenvalue weighted by Crippen LogP contribution is -2.26. The second-order valence-electron chi connectivity index (χ2n) is 5.52. The van der Waals surface area contributed by atoms with Crippen molar-refractivity contribution in [1.82, 2.24) is 5.32 Å². The molecule has 1 aromatic carbocycles. The molecule has 4 nitrogen and oxygen atoms in total. The van der Waals surface area contributed by atoms with E-state index < -0.39 is 11.9 Å². The molecule has 3 aliphatic rings. The van der Waals surface area contributed by atoms with Gasteiger partial charge in [0.2, 0.25) is 0 Å². The molecular formula is C16H11BrFNO3. The Morgan fingerprint density at radius 1 is 1.18 bits per heavy atom. The van der Waals surface area contributed by atoms with Gasteiger partial charge in [0.05, 0.1) is 15.7 Å². The molecule has 1 aliphatic carbocycles. The van der Waals surface area contributed by atoms with Crippen molar-refractivity contribution < 1.29 is 18.7 Å². The van der Waals surface area contributed by atoms with Gasteiger partial charge in [-0.3, -0.25) is 4.79 Å². The molecule has 2 heterocycles. The van der Waals surface area contributed by atoms with E-state index in [1.165, 1.54) is 6.07 Å². The number of ether oxygens (including phenoxy) is 1. The number of allylic oxidation sites excluding steroid dienone is 2. The van der Waals surface area contributed by atoms with Crippen LogP contribution in [0.3, 0.4) is 0 Å². The van der Waals surface area contributed by atoms with Gasteiger partial charge in [0, 0.05) is 23.6 Å². The molecular weight excluding hydrogens is 353 g/mol. The number of dihydropyridines is 1. The summed E-state index contributed by atoms with van der Waals surface area (Å²) in [5.74, 6) is -1.25. The van der Waals surface area contributed by atoms with Crippen LogP contribution in [0.5, 0.6) is 0 Å². The number of esters is 1. The van der Waals surface area contributed by atoms with Crippen LogP contribution in [0, 0.1) is 5.82 Å². The van der Waals surface area contributed by atoms with Gasteiger partial charge < -0.3 is 10.1 Å². The standard InChI is InChI=1S/C16H11BrFNO3/c17-8-5-7(1-2-9(8)18)13-14-10(3-4-12(14)20)19-11-6-22-16(21)15(11)13/h1-2,5,13,19H,3-4,6H2/t13-/m0/s1. The van der Waals surface area contributed by atoms with Crippen molar-refractivity contribution in [2.24, 2.45) is 0 Å². The first-order valence-electron chi connectivity index (χ1n) is 6.94. The van der Waals surface area contributed by atoms with Gasteiger partial charge in [0.15, 0.2) is 5.78 Å². The summed E-state index contributed by atoms with van der Waals surface area (Å²) < 4.78 is 18.9. The highest BCUT2D eigenvalue weighted by Gasteiger charge is 2.43. The molecule has 0 unspecified atom stereocenters. The average molecular weight is 364 g/mol. The first-order valence-corrected chi connectivity index (χ1v) is 7.74. The van der Waals surface area contributed by atoms with Crippen molar-refractivity contribution in [3.8, 4) is 0 Å². The predicted molar refractivity (Wildman–Crippen MR) is 79.2 cm³/mol. The Hall–Kier alpha value is -1.95. The maximum atomic E-state index is 13.5. The van der Waals surface area contributed by atoms with E-state index in [1.54, 1.807) is 12.1 Å². The third-order valence-corrected chi connectivity index (χ3v) is 4.88. The van der Waals surface area contributed by atoms with Crippen molar-refractivity contribution in [3.63, 3.8) is 0 Å². The summed E-state index contributed by atoms with van der Waals surface area (Å²) in [7, 11) is 0. The Morgan fingerprint density at radius 3 is 2.77 bits per heavy atom. The Balaban J connectivity index is 1.91. The monoisotopic (exact) mass is 363 g/mol. The summed E-state index contributed by atoms with van der Waals surface area (Å²) in [6.07, 6.45) is 1.07. The lowest BCUT2D eigenvalue weighted by Gasteiger charge is -2.26. The molecule has 0 spiro atoms. The smallest absolute Gasteiger partial charge is 0.337 e. The zero-order valence-corrected chi connectivity index (χ0v) is 13.0. The normalized spacial score (nSPS) is 23.5. The molecule has 22 heavy (non-hydrogen) atoms. The number of ketones is 1. The molecule has 112 valence electrons. The van der Waals surface area contributed by atoms with Crippen LogP contribution in [0.4, 0.5) is 4.39 Å². The van der Waals surface area contributed by atoms with Crippen LogP contribution < -0.4 is 5.32 Å². The van der Waals surface area contributed by atoms with Gasteiger partial charge in [0.25, 0.3) is 0 Å². The lowest BCUT2D eigenvalue weighted by molar-refractivity contribution is -0.136. The minimum Gasteiger partial charge on any atom is -0.456 e. The van der Waals surface area contributed by atoms with Gasteiger partial charge in [-0.1, -0.05) is 6.07 Å². The molecule has 0 bridgehead atoms. The first-order chi connectivity index (χ1) is 10.6. The topological polar surface area (TPSA) is 55.4 Å². The van der Waals surface area contributed by atoms with E-state index in [0.717, 1.165) is 5.70 Å². The largest absolute Gasteiger partial charge is 0.456 e. The van der Waals surface area contributed by atoms with Gasteiger partial charge in [0.1, 0.15) is 12.4 Å². The number of Topliss-reactive ketones (excluding diaryl/α,β-unsaturated/α-hetero) is 1. The second-order valence-corrected chi connectivity index (χ2v) is 6.37. The van der Waals surface area contributed by atoms with Crippen LogP contribution in [0.15, 0.2) is 45.2 Å². The lowest BCUT2D eigenvalue weighted by atomic mass is 9.81. The molecule has 2 aliphatic heterocycles. The summed E-state index contributed by atoms with van der Waals surface area (Å²) in [4.78, 5) is 24.4. The summed E-state index contributed by atoms with van der Waals surface area (Å²) in [5, 5.41) is 3.17. The number of hydrogen-bond donors (Lipinski definition) is 1. The van der Waals surface area contributed by atoms with Crippen LogP contribution in [-0.2, 0) is 14.3 Å². The van der Waals surface area contributed by atoms with Crippen LogP contribution in [0.1, 0.15) is 24.3 Å². The van der Waals surface area contributed by atoms with E-state index in [9.17, 15) is 14.0 Å². The highest BCUT2D eigenvalue weighted by molar-refractivity contribution is 9.10. The molecule has 1 N–H and O–H groups in total. The Labute approximate surface area is 134 Å². The molecule has 0 radical (unpaired) electrons. The van der Waals surface area contributed by atoms with Crippen molar-refractivity contribution in [2.45, 2.75) is 18.8 Å². The number of halogens is 2. The molecule has 1 atom stereocenters. The fourth-order valence-corrected chi connectivity index (χ4v) is 3.70. The predicted octanol–water partition coefficient (Wildman–Crippen LogP) is 2.70. The number of nitrogens with one attached hydrogen (secondary N) is 1. The number of carbonyl (C=O) groups is 2. The zero-order chi connectivity index (χ0) is 15.4. The quantitative estimate of drug-likeness (QED) is 0.779. The molecule has 4 rings (SSSR count). The minimum absolute atomic E-state index is 0.0270. The third-order valence-electron chi connectivity index (χ3n) is 4.28. The van der Waals surface area contributed by atoms with E-state index >= 15 is 0 Å². The minimum atomic E-state index is -0.479. The number of cyclic esters (lactones) is 1. The molecule has 0 aromatic heterocycles. The average Bonchev–Trinajstić information content (AvgIpc) is 3.05. The third kappa shape index (κ3) is 1.86. The Kier molecular flexibility index (Phi) is 2.97. The fourth-order valence-electron chi connectivity index (χ4n) is 3.30. The number of carbonyl (C=O) groups excluding carboxylic acids is 2. The van der Waals surface area contributed by atoms with E-state index in [4.69, 9.17) is 4.74 Å². The van der Waals surface area contributed by atoms with Crippen LogP contribution in [0.25, 0.3) is 0 Å². The van der Waals surface area contributed by atoms with Gasteiger partial charge in [-0.15, -0.1) is 0 Å².